The van der Waals surface area contributed by atoms with E-state index in [9.17, 15) is 22.4 Å². The summed E-state index contributed by atoms with van der Waals surface area (Å²) in [7, 11) is 0. The molecule has 1 fully saturated rings. The minimum atomic E-state index is -1.24. The molecule has 0 N–H and O–H groups in total. The highest BCUT2D eigenvalue weighted by molar-refractivity contribution is 5.94. The van der Waals surface area contributed by atoms with E-state index in [-0.39, 0.29) is 30.0 Å². The van der Waals surface area contributed by atoms with Gasteiger partial charge >= 0.3 is 0 Å². The Hall–Kier alpha value is -3.23. The van der Waals surface area contributed by atoms with Crippen molar-refractivity contribution in [1.29, 1.82) is 0 Å². The van der Waals surface area contributed by atoms with Crippen LogP contribution >= 0.6 is 0 Å². The molecule has 0 radical (unpaired) electrons. The smallest absolute Gasteiger partial charge is 0.259 e. The minimum absolute atomic E-state index is 0.125. The summed E-state index contributed by atoms with van der Waals surface area (Å²) in [6, 6.07) is 6.53. The van der Waals surface area contributed by atoms with Crippen molar-refractivity contribution < 1.29 is 26.9 Å². The van der Waals surface area contributed by atoms with Gasteiger partial charge in [-0.25, -0.2) is 17.6 Å². The average molecular weight is 405 g/mol. The maximum absolute atomic E-state index is 14.0. The zero-order valence-electron chi connectivity index (χ0n) is 15.0. The van der Waals surface area contributed by atoms with Gasteiger partial charge in [0.05, 0.1) is 5.92 Å². The number of benzene rings is 2. The first-order chi connectivity index (χ1) is 13.9. The summed E-state index contributed by atoms with van der Waals surface area (Å²) < 4.78 is 59.4. The molecule has 1 amide bonds. The molecule has 1 aliphatic rings. The summed E-state index contributed by atoms with van der Waals surface area (Å²) in [6.07, 6.45) is 1.21. The van der Waals surface area contributed by atoms with Crippen LogP contribution < -0.4 is 0 Å². The van der Waals surface area contributed by atoms with E-state index in [0.29, 0.717) is 37.1 Å². The van der Waals surface area contributed by atoms with Gasteiger partial charge < -0.3 is 9.42 Å². The first-order valence-electron chi connectivity index (χ1n) is 8.95. The molecule has 0 aliphatic carbocycles. The number of likely N-dealkylation sites (tertiary alicyclic amines) is 1. The van der Waals surface area contributed by atoms with Crippen molar-refractivity contribution >= 4 is 5.91 Å². The first kappa shape index (κ1) is 19.1. The number of hydrogen-bond donors (Lipinski definition) is 0. The summed E-state index contributed by atoms with van der Waals surface area (Å²) in [5.74, 6) is -4.59. The van der Waals surface area contributed by atoms with Crippen LogP contribution in [0.3, 0.4) is 0 Å². The van der Waals surface area contributed by atoms with Crippen molar-refractivity contribution in [3.05, 3.63) is 71.1 Å². The fourth-order valence-electron chi connectivity index (χ4n) is 3.39. The summed E-state index contributed by atoms with van der Waals surface area (Å²) in [5, 5.41) is 3.88. The quantitative estimate of drug-likeness (QED) is 0.610. The molecule has 1 saturated heterocycles. The molecule has 3 aromatic rings. The van der Waals surface area contributed by atoms with Crippen LogP contribution in [0.1, 0.15) is 35.0 Å². The molecule has 1 atom stereocenters. The van der Waals surface area contributed by atoms with E-state index >= 15 is 0 Å². The van der Waals surface area contributed by atoms with Crippen LogP contribution in [0.25, 0.3) is 11.4 Å². The Morgan fingerprint density at radius 2 is 1.72 bits per heavy atom. The third-order valence-electron chi connectivity index (χ3n) is 4.82. The Morgan fingerprint density at radius 1 is 1.03 bits per heavy atom. The molecule has 1 unspecified atom stereocenters. The van der Waals surface area contributed by atoms with E-state index in [1.54, 1.807) is 0 Å². The molecule has 2 aromatic carbocycles. The van der Waals surface area contributed by atoms with Gasteiger partial charge in [0.15, 0.2) is 0 Å². The largest absolute Gasteiger partial charge is 0.339 e. The number of carbonyl (C=O) groups excluding carboxylic acids is 1. The fourth-order valence-corrected chi connectivity index (χ4v) is 3.39. The lowest BCUT2D eigenvalue weighted by Crippen LogP contribution is -2.40. The third-order valence-corrected chi connectivity index (χ3v) is 4.82. The van der Waals surface area contributed by atoms with Crippen molar-refractivity contribution in [2.45, 2.75) is 18.8 Å². The topological polar surface area (TPSA) is 59.2 Å². The van der Waals surface area contributed by atoms with E-state index in [1.165, 1.54) is 29.2 Å². The number of halogens is 4. The van der Waals surface area contributed by atoms with Crippen LogP contribution in [0.5, 0.6) is 0 Å². The Kier molecular flexibility index (Phi) is 5.04. The standard InChI is InChI=1S/C20H15F4N3O2/c21-13-5-3-11(4-6-13)18-25-19(29-26-18)12-2-1-7-27(10-12)20(28)17-15(23)8-14(22)9-16(17)24/h3-6,8-9,12H,1-2,7,10H2. The van der Waals surface area contributed by atoms with Crippen molar-refractivity contribution in [2.75, 3.05) is 13.1 Å². The highest BCUT2D eigenvalue weighted by Gasteiger charge is 2.31. The van der Waals surface area contributed by atoms with Crippen molar-refractivity contribution in [1.82, 2.24) is 15.0 Å². The predicted octanol–water partition coefficient (Wildman–Crippen LogP) is 4.31. The summed E-state index contributed by atoms with van der Waals surface area (Å²) in [6.45, 7) is 0.421. The zero-order valence-corrected chi connectivity index (χ0v) is 15.0. The van der Waals surface area contributed by atoms with Crippen LogP contribution in [-0.4, -0.2) is 34.0 Å². The summed E-state index contributed by atoms with van der Waals surface area (Å²) in [4.78, 5) is 18.2. The predicted molar refractivity (Wildman–Crippen MR) is 93.9 cm³/mol. The number of carbonyl (C=O) groups is 1. The Bertz CT molecular complexity index is 1030. The van der Waals surface area contributed by atoms with Crippen LogP contribution in [0.2, 0.25) is 0 Å². The van der Waals surface area contributed by atoms with Gasteiger partial charge in [-0.2, -0.15) is 4.98 Å². The maximum Gasteiger partial charge on any atom is 0.259 e. The fraction of sp³-hybridized carbons (Fsp3) is 0.250. The molecule has 1 aromatic heterocycles. The van der Waals surface area contributed by atoms with E-state index in [2.05, 4.69) is 10.1 Å². The summed E-state index contributed by atoms with van der Waals surface area (Å²) in [5.41, 5.74) is -0.217. The van der Waals surface area contributed by atoms with E-state index in [4.69, 9.17) is 4.52 Å². The minimum Gasteiger partial charge on any atom is -0.339 e. The first-order valence-corrected chi connectivity index (χ1v) is 8.95. The molecule has 4 rings (SSSR count). The third kappa shape index (κ3) is 3.85. The van der Waals surface area contributed by atoms with Gasteiger partial charge in [-0.1, -0.05) is 5.16 Å². The maximum atomic E-state index is 14.0. The Labute approximate surface area is 162 Å². The number of piperidine rings is 1. The second kappa shape index (κ2) is 7.65. The second-order valence-corrected chi connectivity index (χ2v) is 6.80. The van der Waals surface area contributed by atoms with E-state index in [0.717, 1.165) is 0 Å². The normalized spacial score (nSPS) is 16.8. The molecule has 0 saturated carbocycles. The number of amides is 1. The molecule has 2 heterocycles. The van der Waals surface area contributed by atoms with Crippen molar-refractivity contribution in [3.8, 4) is 11.4 Å². The number of rotatable bonds is 3. The molecule has 1 aliphatic heterocycles. The van der Waals surface area contributed by atoms with Crippen LogP contribution in [-0.2, 0) is 0 Å². The molecule has 150 valence electrons. The number of aromatic nitrogens is 2. The average Bonchev–Trinajstić information content (AvgIpc) is 3.18. The molecule has 9 heteroatoms. The van der Waals surface area contributed by atoms with Gasteiger partial charge in [0.1, 0.15) is 28.8 Å². The van der Waals surface area contributed by atoms with Gasteiger partial charge in [0, 0.05) is 30.8 Å². The molecule has 5 nitrogen and oxygen atoms in total. The second-order valence-electron chi connectivity index (χ2n) is 6.80. The highest BCUT2D eigenvalue weighted by Crippen LogP contribution is 2.29. The van der Waals surface area contributed by atoms with Crippen molar-refractivity contribution in [2.24, 2.45) is 0 Å². The van der Waals surface area contributed by atoms with Crippen LogP contribution in [0, 0.1) is 23.3 Å². The number of hydrogen-bond acceptors (Lipinski definition) is 4. The summed E-state index contributed by atoms with van der Waals surface area (Å²) >= 11 is 0. The van der Waals surface area contributed by atoms with Gasteiger partial charge in [-0.05, 0) is 37.1 Å². The zero-order chi connectivity index (χ0) is 20.5. The Balaban J connectivity index is 1.53. The van der Waals surface area contributed by atoms with Gasteiger partial charge in [-0.15, -0.1) is 0 Å². The van der Waals surface area contributed by atoms with Gasteiger partial charge in [0.25, 0.3) is 5.91 Å². The Morgan fingerprint density at radius 3 is 2.41 bits per heavy atom. The van der Waals surface area contributed by atoms with E-state index < -0.39 is 28.9 Å². The lowest BCUT2D eigenvalue weighted by Gasteiger charge is -2.31. The SMILES string of the molecule is O=C(c1c(F)cc(F)cc1F)N1CCCC(c2nc(-c3ccc(F)cc3)no2)C1. The van der Waals surface area contributed by atoms with Crippen LogP contribution in [0.15, 0.2) is 40.9 Å². The number of nitrogens with zero attached hydrogens (tertiary/aromatic N) is 3. The lowest BCUT2D eigenvalue weighted by atomic mass is 9.97. The van der Waals surface area contributed by atoms with Gasteiger partial charge in [-0.3, -0.25) is 4.79 Å². The monoisotopic (exact) mass is 405 g/mol. The van der Waals surface area contributed by atoms with Gasteiger partial charge in [0.2, 0.25) is 11.7 Å². The highest BCUT2D eigenvalue weighted by atomic mass is 19.1. The molecular weight excluding hydrogens is 390 g/mol. The van der Waals surface area contributed by atoms with Crippen LogP contribution in [0.4, 0.5) is 17.6 Å². The molecule has 0 bridgehead atoms. The van der Waals surface area contributed by atoms with Crippen molar-refractivity contribution in [3.63, 3.8) is 0 Å². The molecule has 29 heavy (non-hydrogen) atoms. The lowest BCUT2D eigenvalue weighted by molar-refractivity contribution is 0.0685. The van der Waals surface area contributed by atoms with E-state index in [1.807, 2.05) is 0 Å². The molecular formula is C20H15F4N3O2. The molecule has 0 spiro atoms.